The molecule has 0 saturated heterocycles. The van der Waals surface area contributed by atoms with Crippen molar-refractivity contribution in [2.45, 2.75) is 37.8 Å². The van der Waals surface area contributed by atoms with Gasteiger partial charge in [0.2, 0.25) is 0 Å². The summed E-state index contributed by atoms with van der Waals surface area (Å²) in [5.74, 6) is 0. The van der Waals surface area contributed by atoms with Gasteiger partial charge in [-0.15, -0.1) is 0 Å². The summed E-state index contributed by atoms with van der Waals surface area (Å²) < 4.78 is 0.397. The molecule has 1 aromatic heterocycles. The van der Waals surface area contributed by atoms with Crippen LogP contribution in [0.5, 0.6) is 0 Å². The topological polar surface area (TPSA) is 117 Å². The monoisotopic (exact) mass is 358 g/mol. The molecule has 114 valence electrons. The number of aromatic nitrogens is 1. The van der Waals surface area contributed by atoms with Gasteiger partial charge in [-0.25, -0.2) is 9.78 Å². The Hall–Kier alpha value is -1.90. The van der Waals surface area contributed by atoms with Crippen LogP contribution in [-0.2, 0) is 0 Å². The molecule has 0 aromatic carbocycles. The highest BCUT2D eigenvalue weighted by molar-refractivity contribution is 9.10. The molecule has 0 unspecified atom stereocenters. The third kappa shape index (κ3) is 4.28. The minimum absolute atomic E-state index is 0.0164. The summed E-state index contributed by atoms with van der Waals surface area (Å²) in [6.07, 6.45) is 3.45. The Kier molecular flexibility index (Phi) is 4.94. The molecule has 2 atom stereocenters. The summed E-state index contributed by atoms with van der Waals surface area (Å²) in [5, 5.41) is 25.4. The van der Waals surface area contributed by atoms with Crippen molar-refractivity contribution in [2.24, 2.45) is 0 Å². The van der Waals surface area contributed by atoms with Crippen molar-refractivity contribution in [3.05, 3.63) is 27.0 Å². The molecule has 1 amide bonds. The second-order valence-electron chi connectivity index (χ2n) is 4.94. The number of hydrogen-bond acceptors (Lipinski definition) is 5. The third-order valence-corrected chi connectivity index (χ3v) is 3.84. The lowest BCUT2D eigenvalue weighted by molar-refractivity contribution is -0.384. The molecule has 0 bridgehead atoms. The van der Waals surface area contributed by atoms with Crippen molar-refractivity contribution in [2.75, 3.05) is 5.32 Å². The van der Waals surface area contributed by atoms with Gasteiger partial charge in [0, 0.05) is 12.1 Å². The minimum Gasteiger partial charge on any atom is -0.465 e. The van der Waals surface area contributed by atoms with Gasteiger partial charge < -0.3 is 15.7 Å². The van der Waals surface area contributed by atoms with Crippen LogP contribution >= 0.6 is 15.9 Å². The van der Waals surface area contributed by atoms with Gasteiger partial charge in [-0.05, 0) is 41.6 Å². The quantitative estimate of drug-likeness (QED) is 0.432. The van der Waals surface area contributed by atoms with Gasteiger partial charge in [-0.3, -0.25) is 10.1 Å². The van der Waals surface area contributed by atoms with Gasteiger partial charge in [-0.1, -0.05) is 0 Å². The summed E-state index contributed by atoms with van der Waals surface area (Å²) in [6.45, 7) is 0. The second kappa shape index (κ2) is 6.70. The predicted octanol–water partition coefficient (Wildman–Crippen LogP) is 2.74. The molecule has 0 radical (unpaired) electrons. The zero-order valence-corrected chi connectivity index (χ0v) is 12.7. The van der Waals surface area contributed by atoms with Crippen LogP contribution in [0.1, 0.15) is 25.7 Å². The van der Waals surface area contributed by atoms with Gasteiger partial charge in [-0.2, -0.15) is 0 Å². The van der Waals surface area contributed by atoms with E-state index < -0.39 is 11.0 Å². The lowest BCUT2D eigenvalue weighted by Gasteiger charge is -2.30. The summed E-state index contributed by atoms with van der Waals surface area (Å²) in [6, 6.07) is 1.20. The number of amides is 1. The van der Waals surface area contributed by atoms with Crippen molar-refractivity contribution < 1.29 is 14.8 Å². The van der Waals surface area contributed by atoms with Gasteiger partial charge in [0.25, 0.3) is 5.69 Å². The molecule has 1 heterocycles. The van der Waals surface area contributed by atoms with Crippen molar-refractivity contribution in [3.63, 3.8) is 0 Å². The Balaban J connectivity index is 2.07. The van der Waals surface area contributed by atoms with E-state index in [2.05, 4.69) is 31.5 Å². The molecule has 1 saturated carbocycles. The first-order valence-electron chi connectivity index (χ1n) is 6.51. The summed E-state index contributed by atoms with van der Waals surface area (Å²) in [7, 11) is 0. The first kappa shape index (κ1) is 15.5. The maximum Gasteiger partial charge on any atom is 0.404 e. The van der Waals surface area contributed by atoms with Gasteiger partial charge >= 0.3 is 6.09 Å². The second-order valence-corrected chi connectivity index (χ2v) is 5.75. The summed E-state index contributed by atoms with van der Waals surface area (Å²) in [5.41, 5.74) is 0.300. The Bertz CT molecular complexity index is 554. The Morgan fingerprint density at radius 3 is 2.86 bits per heavy atom. The normalized spacial score (nSPS) is 21.6. The Morgan fingerprint density at radius 2 is 2.19 bits per heavy atom. The highest BCUT2D eigenvalue weighted by Gasteiger charge is 2.25. The molecule has 21 heavy (non-hydrogen) atoms. The standard InChI is InChI=1S/C12H15BrN4O4/c13-11-5-10(17(20)21)9(6-14-11)15-7-2-1-3-8(4-7)16-12(18)19/h5-8,15-16H,1-4H2,(H,18,19)/t7-,8+/m1/s1. The largest absolute Gasteiger partial charge is 0.465 e. The molecule has 1 aliphatic carbocycles. The Labute approximate surface area is 129 Å². The van der Waals surface area contributed by atoms with Crippen molar-refractivity contribution in [1.82, 2.24) is 10.3 Å². The number of carbonyl (C=O) groups is 1. The highest BCUT2D eigenvalue weighted by Crippen LogP contribution is 2.29. The number of anilines is 1. The van der Waals surface area contributed by atoms with Crippen molar-refractivity contribution >= 4 is 33.4 Å². The Morgan fingerprint density at radius 1 is 1.48 bits per heavy atom. The fourth-order valence-corrected chi connectivity index (χ4v) is 2.85. The number of nitro groups is 1. The number of rotatable bonds is 4. The maximum absolute atomic E-state index is 11.1. The highest BCUT2D eigenvalue weighted by atomic mass is 79.9. The molecule has 1 aliphatic rings. The molecule has 1 aromatic rings. The molecular weight excluding hydrogens is 344 g/mol. The van der Waals surface area contributed by atoms with Crippen LogP contribution in [0.25, 0.3) is 0 Å². The number of pyridine rings is 1. The van der Waals surface area contributed by atoms with Crippen LogP contribution in [0.2, 0.25) is 0 Å². The van der Waals surface area contributed by atoms with E-state index >= 15 is 0 Å². The van der Waals surface area contributed by atoms with Crippen molar-refractivity contribution in [1.29, 1.82) is 0 Å². The smallest absolute Gasteiger partial charge is 0.404 e. The van der Waals surface area contributed by atoms with E-state index in [0.717, 1.165) is 19.3 Å². The molecule has 0 spiro atoms. The average Bonchev–Trinajstić information content (AvgIpc) is 2.40. The number of halogens is 1. The lowest BCUT2D eigenvalue weighted by Crippen LogP contribution is -2.41. The minimum atomic E-state index is -1.04. The SMILES string of the molecule is O=C(O)N[C@H]1CCC[C@@H](Nc2cnc(Br)cc2[N+](=O)[O-])C1. The maximum atomic E-state index is 11.1. The van der Waals surface area contributed by atoms with Crippen LogP contribution < -0.4 is 10.6 Å². The van der Waals surface area contributed by atoms with E-state index in [1.807, 2.05) is 0 Å². The van der Waals surface area contributed by atoms with Gasteiger partial charge in [0.05, 0.1) is 17.2 Å². The first-order chi connectivity index (χ1) is 9.95. The van der Waals surface area contributed by atoms with E-state index in [-0.39, 0.29) is 17.8 Å². The number of hydrogen-bond donors (Lipinski definition) is 3. The molecule has 8 nitrogen and oxygen atoms in total. The van der Waals surface area contributed by atoms with Crippen LogP contribution in [0.15, 0.2) is 16.9 Å². The fourth-order valence-electron chi connectivity index (χ4n) is 2.53. The average molecular weight is 359 g/mol. The third-order valence-electron chi connectivity index (χ3n) is 3.41. The van der Waals surface area contributed by atoms with E-state index in [4.69, 9.17) is 5.11 Å². The predicted molar refractivity (Wildman–Crippen MR) is 79.4 cm³/mol. The van der Waals surface area contributed by atoms with E-state index in [1.165, 1.54) is 12.3 Å². The zero-order chi connectivity index (χ0) is 15.4. The molecule has 1 fully saturated rings. The zero-order valence-electron chi connectivity index (χ0n) is 11.1. The molecule has 9 heteroatoms. The first-order valence-corrected chi connectivity index (χ1v) is 7.31. The van der Waals surface area contributed by atoms with Crippen LogP contribution in [-0.4, -0.2) is 33.2 Å². The molecular formula is C12H15BrN4O4. The van der Waals surface area contributed by atoms with Crippen LogP contribution in [0.4, 0.5) is 16.2 Å². The number of nitrogens with zero attached hydrogens (tertiary/aromatic N) is 2. The van der Waals surface area contributed by atoms with Crippen LogP contribution in [0.3, 0.4) is 0 Å². The molecule has 3 N–H and O–H groups in total. The van der Waals surface area contributed by atoms with Crippen molar-refractivity contribution in [3.8, 4) is 0 Å². The molecule has 0 aliphatic heterocycles. The number of nitrogens with one attached hydrogen (secondary N) is 2. The van der Waals surface area contributed by atoms with Gasteiger partial charge in [0.15, 0.2) is 0 Å². The van der Waals surface area contributed by atoms with Crippen LogP contribution in [0, 0.1) is 10.1 Å². The molecule has 2 rings (SSSR count). The summed E-state index contributed by atoms with van der Waals surface area (Å²) in [4.78, 5) is 25.3. The van der Waals surface area contributed by atoms with E-state index in [9.17, 15) is 14.9 Å². The van der Waals surface area contributed by atoms with E-state index in [0.29, 0.717) is 16.7 Å². The lowest BCUT2D eigenvalue weighted by atomic mass is 9.91. The van der Waals surface area contributed by atoms with Gasteiger partial charge in [0.1, 0.15) is 10.3 Å². The number of carboxylic acid groups (broad SMARTS) is 1. The van der Waals surface area contributed by atoms with E-state index in [1.54, 1.807) is 0 Å². The summed E-state index contributed by atoms with van der Waals surface area (Å²) >= 11 is 3.11. The fraction of sp³-hybridized carbons (Fsp3) is 0.500.